The first-order valence-electron chi connectivity index (χ1n) is 9.81. The number of anilines is 1. The Hall–Kier alpha value is -2.67. The largest absolute Gasteiger partial charge is 0.497 e. The van der Waals surface area contributed by atoms with Gasteiger partial charge < -0.3 is 19.7 Å². The number of benzene rings is 1. The molecule has 1 saturated heterocycles. The van der Waals surface area contributed by atoms with E-state index >= 15 is 0 Å². The van der Waals surface area contributed by atoms with Crippen LogP contribution in [-0.4, -0.2) is 49.3 Å². The minimum atomic E-state index is -0.0245. The molecule has 1 aliphatic heterocycles. The highest BCUT2D eigenvalue weighted by atomic mass is 16.5. The minimum Gasteiger partial charge on any atom is -0.497 e. The molecule has 1 unspecified atom stereocenters. The van der Waals surface area contributed by atoms with Crippen molar-refractivity contribution in [3.05, 3.63) is 47.3 Å². The molecule has 2 aliphatic rings. The fourth-order valence-corrected chi connectivity index (χ4v) is 3.71. The van der Waals surface area contributed by atoms with Crippen LogP contribution in [0.25, 0.3) is 0 Å². The summed E-state index contributed by atoms with van der Waals surface area (Å²) in [7, 11) is 1.64. The van der Waals surface area contributed by atoms with Crippen molar-refractivity contribution < 1.29 is 14.3 Å². The number of nitrogens with zero attached hydrogens (tertiary/aromatic N) is 3. The van der Waals surface area contributed by atoms with E-state index in [1.165, 1.54) is 0 Å². The Labute approximate surface area is 165 Å². The number of ether oxygens (including phenoxy) is 2. The van der Waals surface area contributed by atoms with Gasteiger partial charge in [0.1, 0.15) is 5.75 Å². The first-order chi connectivity index (χ1) is 13.7. The summed E-state index contributed by atoms with van der Waals surface area (Å²) in [5, 5.41) is 3.06. The molecule has 1 aromatic carbocycles. The van der Waals surface area contributed by atoms with Crippen molar-refractivity contribution in [3.63, 3.8) is 0 Å². The van der Waals surface area contributed by atoms with Crippen LogP contribution in [0.15, 0.2) is 30.5 Å². The van der Waals surface area contributed by atoms with Gasteiger partial charge in [-0.15, -0.1) is 0 Å². The summed E-state index contributed by atoms with van der Waals surface area (Å²) in [5.41, 5.74) is 3.23. The molecular formula is C21H26N4O3. The monoisotopic (exact) mass is 382 g/mol. The lowest BCUT2D eigenvalue weighted by Gasteiger charge is -2.28. The third-order valence-corrected chi connectivity index (χ3v) is 5.43. The van der Waals surface area contributed by atoms with Gasteiger partial charge in [-0.25, -0.2) is 9.97 Å². The number of hydrogen-bond donors (Lipinski definition) is 1. The number of amides is 1. The Morgan fingerprint density at radius 2 is 2.07 bits per heavy atom. The normalized spacial score (nSPS) is 19.0. The molecule has 1 amide bonds. The van der Waals surface area contributed by atoms with Gasteiger partial charge in [-0.3, -0.25) is 4.79 Å². The SMILES string of the molecule is COc1ccc(CNC(=O)C2CCc3nc(N4CCOCC4)ncc3C2)cc1. The molecule has 2 aromatic rings. The number of rotatable bonds is 5. The molecule has 1 aromatic heterocycles. The van der Waals surface area contributed by atoms with Crippen molar-refractivity contribution in [2.45, 2.75) is 25.8 Å². The fraction of sp³-hybridized carbons (Fsp3) is 0.476. The van der Waals surface area contributed by atoms with Crippen LogP contribution in [-0.2, 0) is 28.9 Å². The van der Waals surface area contributed by atoms with Crippen molar-refractivity contribution >= 4 is 11.9 Å². The van der Waals surface area contributed by atoms with E-state index in [9.17, 15) is 4.79 Å². The first-order valence-corrected chi connectivity index (χ1v) is 9.81. The van der Waals surface area contributed by atoms with Crippen LogP contribution in [0.4, 0.5) is 5.95 Å². The van der Waals surface area contributed by atoms with E-state index in [-0.39, 0.29) is 11.8 Å². The van der Waals surface area contributed by atoms with Gasteiger partial charge in [0.05, 0.1) is 20.3 Å². The number of methoxy groups -OCH3 is 1. The molecular weight excluding hydrogens is 356 g/mol. The molecule has 148 valence electrons. The fourth-order valence-electron chi connectivity index (χ4n) is 3.71. The molecule has 0 bridgehead atoms. The van der Waals surface area contributed by atoms with Crippen molar-refractivity contribution in [2.24, 2.45) is 5.92 Å². The summed E-state index contributed by atoms with van der Waals surface area (Å²) in [6.45, 7) is 3.62. The Bertz CT molecular complexity index is 819. The smallest absolute Gasteiger partial charge is 0.225 e. The van der Waals surface area contributed by atoms with Crippen LogP contribution < -0.4 is 15.0 Å². The van der Waals surface area contributed by atoms with Gasteiger partial charge in [0.2, 0.25) is 11.9 Å². The number of hydrogen-bond acceptors (Lipinski definition) is 6. The molecule has 7 nitrogen and oxygen atoms in total. The predicted molar refractivity (Wildman–Crippen MR) is 105 cm³/mol. The topological polar surface area (TPSA) is 76.6 Å². The Kier molecular flexibility index (Phi) is 5.71. The quantitative estimate of drug-likeness (QED) is 0.849. The number of aromatic nitrogens is 2. The summed E-state index contributed by atoms with van der Waals surface area (Å²) in [4.78, 5) is 24.1. The first kappa shape index (κ1) is 18.7. The third kappa shape index (κ3) is 4.25. The van der Waals surface area contributed by atoms with Gasteiger partial charge in [-0.1, -0.05) is 12.1 Å². The average molecular weight is 382 g/mol. The molecule has 0 spiro atoms. The lowest BCUT2D eigenvalue weighted by molar-refractivity contribution is -0.125. The second-order valence-corrected chi connectivity index (χ2v) is 7.25. The summed E-state index contributed by atoms with van der Waals surface area (Å²) in [5.74, 6) is 1.67. The molecule has 1 N–H and O–H groups in total. The van der Waals surface area contributed by atoms with Gasteiger partial charge >= 0.3 is 0 Å². The minimum absolute atomic E-state index is 0.0245. The molecule has 0 radical (unpaired) electrons. The van der Waals surface area contributed by atoms with Gasteiger partial charge in [-0.05, 0) is 42.5 Å². The van der Waals surface area contributed by atoms with Crippen LogP contribution in [0.1, 0.15) is 23.2 Å². The van der Waals surface area contributed by atoms with E-state index in [0.717, 1.165) is 67.7 Å². The Balaban J connectivity index is 1.34. The van der Waals surface area contributed by atoms with Gasteiger partial charge in [0.15, 0.2) is 0 Å². The summed E-state index contributed by atoms with van der Waals surface area (Å²) >= 11 is 0. The van der Waals surface area contributed by atoms with Crippen LogP contribution >= 0.6 is 0 Å². The van der Waals surface area contributed by atoms with Crippen molar-refractivity contribution in [3.8, 4) is 5.75 Å². The summed E-state index contributed by atoms with van der Waals surface area (Å²) in [6.07, 6.45) is 4.24. The molecule has 1 fully saturated rings. The standard InChI is InChI=1S/C21H26N4O3/c1-27-18-5-2-15(3-6-18)13-22-20(26)16-4-7-19-17(12-16)14-23-21(24-19)25-8-10-28-11-9-25/h2-3,5-6,14,16H,4,7-13H2,1H3,(H,22,26). The number of carbonyl (C=O) groups excluding carboxylic acids is 1. The maximum atomic E-state index is 12.6. The zero-order valence-electron chi connectivity index (χ0n) is 16.2. The number of morpholine rings is 1. The van der Waals surface area contributed by atoms with Crippen LogP contribution in [0.3, 0.4) is 0 Å². The highest BCUT2D eigenvalue weighted by Crippen LogP contribution is 2.26. The van der Waals surface area contributed by atoms with Crippen molar-refractivity contribution in [2.75, 3.05) is 38.3 Å². The van der Waals surface area contributed by atoms with E-state index in [1.54, 1.807) is 7.11 Å². The van der Waals surface area contributed by atoms with Crippen molar-refractivity contribution in [1.82, 2.24) is 15.3 Å². The van der Waals surface area contributed by atoms with Crippen LogP contribution in [0.5, 0.6) is 5.75 Å². The van der Waals surface area contributed by atoms with E-state index in [2.05, 4.69) is 15.2 Å². The molecule has 28 heavy (non-hydrogen) atoms. The summed E-state index contributed by atoms with van der Waals surface area (Å²) < 4.78 is 10.6. The molecule has 4 rings (SSSR count). The van der Waals surface area contributed by atoms with Gasteiger partial charge in [0.25, 0.3) is 0 Å². The number of aryl methyl sites for hydroxylation is 1. The third-order valence-electron chi connectivity index (χ3n) is 5.43. The zero-order valence-corrected chi connectivity index (χ0v) is 16.2. The van der Waals surface area contributed by atoms with Crippen molar-refractivity contribution in [1.29, 1.82) is 0 Å². The average Bonchev–Trinajstić information content (AvgIpc) is 2.77. The second kappa shape index (κ2) is 8.56. The molecule has 1 atom stereocenters. The lowest BCUT2D eigenvalue weighted by Crippen LogP contribution is -2.38. The zero-order chi connectivity index (χ0) is 19.3. The second-order valence-electron chi connectivity index (χ2n) is 7.25. The lowest BCUT2D eigenvalue weighted by atomic mass is 9.86. The molecule has 1 aliphatic carbocycles. The maximum absolute atomic E-state index is 12.6. The predicted octanol–water partition coefficient (Wildman–Crippen LogP) is 1.74. The highest BCUT2D eigenvalue weighted by Gasteiger charge is 2.26. The number of fused-ring (bicyclic) bond motifs is 1. The summed E-state index contributed by atoms with van der Waals surface area (Å²) in [6, 6.07) is 7.75. The number of nitrogens with one attached hydrogen (secondary N) is 1. The maximum Gasteiger partial charge on any atom is 0.225 e. The molecule has 0 saturated carbocycles. The van der Waals surface area contributed by atoms with E-state index in [1.807, 2.05) is 30.5 Å². The van der Waals surface area contributed by atoms with Gasteiger partial charge in [-0.2, -0.15) is 0 Å². The number of carbonyl (C=O) groups is 1. The van der Waals surface area contributed by atoms with E-state index in [0.29, 0.717) is 13.0 Å². The van der Waals surface area contributed by atoms with E-state index < -0.39 is 0 Å². The van der Waals surface area contributed by atoms with Crippen LogP contribution in [0, 0.1) is 5.92 Å². The molecule has 2 heterocycles. The highest BCUT2D eigenvalue weighted by molar-refractivity contribution is 5.79. The van der Waals surface area contributed by atoms with E-state index in [4.69, 9.17) is 14.5 Å². The Morgan fingerprint density at radius 3 is 2.82 bits per heavy atom. The molecule has 7 heteroatoms. The van der Waals surface area contributed by atoms with Gasteiger partial charge in [0, 0.05) is 37.4 Å². The van der Waals surface area contributed by atoms with Crippen LogP contribution in [0.2, 0.25) is 0 Å². The Morgan fingerprint density at radius 1 is 1.29 bits per heavy atom.